The molecule has 1 aliphatic rings. The number of rotatable bonds is 7. The van der Waals surface area contributed by atoms with Gasteiger partial charge in [-0.2, -0.15) is 5.26 Å². The number of hydrogen-bond acceptors (Lipinski definition) is 4. The fourth-order valence-corrected chi connectivity index (χ4v) is 5.38. The first-order chi connectivity index (χ1) is 10.4. The van der Waals surface area contributed by atoms with E-state index in [9.17, 15) is 0 Å². The molecule has 23 heavy (non-hydrogen) atoms. The van der Waals surface area contributed by atoms with Crippen molar-refractivity contribution in [2.45, 2.75) is 91.2 Å². The van der Waals surface area contributed by atoms with Gasteiger partial charge in [0.1, 0.15) is 0 Å². The third-order valence-corrected chi connectivity index (χ3v) is 7.67. The lowest BCUT2D eigenvalue weighted by Crippen LogP contribution is -2.41. The van der Waals surface area contributed by atoms with E-state index in [2.05, 4.69) is 66.7 Å². The van der Waals surface area contributed by atoms with Gasteiger partial charge in [-0.1, -0.05) is 11.2 Å². The van der Waals surface area contributed by atoms with Crippen LogP contribution in [0, 0.1) is 11.3 Å². The van der Waals surface area contributed by atoms with Crippen molar-refractivity contribution in [2.75, 3.05) is 0 Å². The lowest BCUT2D eigenvalue weighted by molar-refractivity contribution is 0.00578. The van der Waals surface area contributed by atoms with Crippen LogP contribution in [0.2, 0.25) is 13.1 Å². The second kappa shape index (κ2) is 7.52. The number of unbranched alkanes of at least 4 members (excludes halogenated alkanes) is 1. The standard InChI is InChI=1S/C17H32BNO3Si/c1-14(2)20-23(7,8)15(11-9-10-12-19)13-18-21-16(3,4)17(5,6)22-18/h13-14H,9-11H2,1-8H3/b15-13+. The van der Waals surface area contributed by atoms with E-state index < -0.39 is 8.32 Å². The molecule has 130 valence electrons. The maximum atomic E-state index is 8.81. The van der Waals surface area contributed by atoms with E-state index >= 15 is 0 Å². The molecule has 0 bridgehead atoms. The molecule has 0 unspecified atom stereocenters. The molecule has 0 radical (unpaired) electrons. The summed E-state index contributed by atoms with van der Waals surface area (Å²) in [4.78, 5) is 0. The Hall–Kier alpha value is -0.608. The molecular formula is C17H32BNO3Si. The molecule has 0 atom stereocenters. The number of allylic oxidation sites excluding steroid dienone is 1. The summed E-state index contributed by atoms with van der Waals surface area (Å²) >= 11 is 0. The topological polar surface area (TPSA) is 51.5 Å². The third kappa shape index (κ3) is 5.46. The summed E-state index contributed by atoms with van der Waals surface area (Å²) in [6.45, 7) is 16.8. The number of hydrogen-bond donors (Lipinski definition) is 0. The minimum absolute atomic E-state index is 0.189. The van der Waals surface area contributed by atoms with Crippen LogP contribution in [0.5, 0.6) is 0 Å². The minimum Gasteiger partial charge on any atom is -0.411 e. The fraction of sp³-hybridized carbons (Fsp3) is 0.824. The van der Waals surface area contributed by atoms with Crippen LogP contribution in [0.4, 0.5) is 0 Å². The minimum atomic E-state index is -2.01. The molecule has 0 spiro atoms. The van der Waals surface area contributed by atoms with E-state index in [-0.39, 0.29) is 24.4 Å². The van der Waals surface area contributed by atoms with E-state index in [0.717, 1.165) is 12.8 Å². The third-order valence-electron chi connectivity index (χ3n) is 4.65. The smallest absolute Gasteiger partial charge is 0.411 e. The van der Waals surface area contributed by atoms with Crippen LogP contribution in [0.15, 0.2) is 11.2 Å². The van der Waals surface area contributed by atoms with Gasteiger partial charge in [0.15, 0.2) is 0 Å². The molecule has 0 aromatic heterocycles. The van der Waals surface area contributed by atoms with E-state index in [4.69, 9.17) is 19.0 Å². The van der Waals surface area contributed by atoms with Gasteiger partial charge >= 0.3 is 7.12 Å². The van der Waals surface area contributed by atoms with Gasteiger partial charge in [-0.15, -0.1) is 0 Å². The van der Waals surface area contributed by atoms with Crippen LogP contribution < -0.4 is 0 Å². The SMILES string of the molecule is CC(C)O[Si](C)(C)/C(=C/B1OC(C)(C)C(C)(C)O1)CCCC#N. The summed E-state index contributed by atoms with van der Waals surface area (Å²) in [7, 11) is -2.36. The molecular weight excluding hydrogens is 305 g/mol. The molecule has 0 aromatic rings. The first-order valence-corrected chi connectivity index (χ1v) is 11.4. The quantitative estimate of drug-likeness (QED) is 0.510. The van der Waals surface area contributed by atoms with Crippen LogP contribution in [0.3, 0.4) is 0 Å². The Morgan fingerprint density at radius 3 is 2.17 bits per heavy atom. The first-order valence-electron chi connectivity index (χ1n) is 8.53. The second-order valence-electron chi connectivity index (χ2n) is 8.01. The Labute approximate surface area is 143 Å². The van der Waals surface area contributed by atoms with Gasteiger partial charge in [0.2, 0.25) is 8.32 Å². The molecule has 1 rings (SSSR count). The average molecular weight is 337 g/mol. The van der Waals surface area contributed by atoms with Gasteiger partial charge in [0, 0.05) is 12.5 Å². The normalized spacial score (nSPS) is 20.9. The van der Waals surface area contributed by atoms with E-state index in [1.807, 2.05) is 0 Å². The summed E-state index contributed by atoms with van der Waals surface area (Å²) in [6.07, 6.45) is 2.46. The van der Waals surface area contributed by atoms with Gasteiger partial charge in [-0.05, 0) is 67.5 Å². The Balaban J connectivity index is 2.98. The Bertz CT molecular complexity index is 465. The van der Waals surface area contributed by atoms with Crippen LogP contribution in [-0.4, -0.2) is 32.7 Å². The van der Waals surface area contributed by atoms with Crippen LogP contribution in [0.25, 0.3) is 0 Å². The van der Waals surface area contributed by atoms with Crippen molar-refractivity contribution >= 4 is 15.4 Å². The maximum absolute atomic E-state index is 8.81. The van der Waals surface area contributed by atoms with Crippen molar-refractivity contribution in [1.29, 1.82) is 5.26 Å². The van der Waals surface area contributed by atoms with E-state index in [1.54, 1.807) is 0 Å². The average Bonchev–Trinajstić information content (AvgIpc) is 2.54. The lowest BCUT2D eigenvalue weighted by Gasteiger charge is -2.32. The second-order valence-corrected chi connectivity index (χ2v) is 11.9. The fourth-order valence-electron chi connectivity index (χ4n) is 2.73. The maximum Gasteiger partial charge on any atom is 0.486 e. The molecule has 0 amide bonds. The molecule has 6 heteroatoms. The summed E-state index contributed by atoms with van der Waals surface area (Å²) < 4.78 is 18.4. The zero-order valence-electron chi connectivity index (χ0n) is 16.0. The molecule has 1 fully saturated rings. The van der Waals surface area contributed by atoms with E-state index in [1.165, 1.54) is 5.20 Å². The van der Waals surface area contributed by atoms with Crippen LogP contribution in [-0.2, 0) is 13.7 Å². The van der Waals surface area contributed by atoms with Crippen molar-refractivity contribution < 1.29 is 13.7 Å². The van der Waals surface area contributed by atoms with Crippen molar-refractivity contribution in [1.82, 2.24) is 0 Å². The Morgan fingerprint density at radius 2 is 1.74 bits per heavy atom. The summed E-state index contributed by atoms with van der Waals surface area (Å²) in [6, 6.07) is 2.22. The monoisotopic (exact) mass is 337 g/mol. The van der Waals surface area contributed by atoms with Gasteiger partial charge in [0.05, 0.1) is 17.3 Å². The largest absolute Gasteiger partial charge is 0.486 e. The Morgan fingerprint density at radius 1 is 1.22 bits per heavy atom. The predicted octanol–water partition coefficient (Wildman–Crippen LogP) is 4.41. The molecule has 0 saturated carbocycles. The summed E-state index contributed by atoms with van der Waals surface area (Å²) in [5.74, 6) is 2.10. The highest BCUT2D eigenvalue weighted by molar-refractivity contribution is 6.79. The van der Waals surface area contributed by atoms with Crippen LogP contribution >= 0.6 is 0 Å². The summed E-state index contributed by atoms with van der Waals surface area (Å²) in [5.41, 5.74) is -0.674. The van der Waals surface area contributed by atoms with Crippen molar-refractivity contribution in [2.24, 2.45) is 0 Å². The lowest BCUT2D eigenvalue weighted by atomic mass is 9.89. The first kappa shape index (κ1) is 20.4. The van der Waals surface area contributed by atoms with Crippen LogP contribution in [0.1, 0.15) is 60.8 Å². The molecule has 4 nitrogen and oxygen atoms in total. The zero-order chi connectivity index (χ0) is 17.9. The molecule has 1 aliphatic heterocycles. The van der Waals surface area contributed by atoms with Crippen molar-refractivity contribution in [3.05, 3.63) is 11.2 Å². The van der Waals surface area contributed by atoms with Gasteiger partial charge in [-0.25, -0.2) is 0 Å². The predicted molar refractivity (Wildman–Crippen MR) is 97.3 cm³/mol. The molecule has 0 aromatic carbocycles. The highest BCUT2D eigenvalue weighted by atomic mass is 28.4. The highest BCUT2D eigenvalue weighted by Crippen LogP contribution is 2.38. The molecule has 0 aliphatic carbocycles. The van der Waals surface area contributed by atoms with Gasteiger partial charge < -0.3 is 13.7 Å². The number of nitrogens with zero attached hydrogens (tertiary/aromatic N) is 1. The van der Waals surface area contributed by atoms with E-state index in [0.29, 0.717) is 6.42 Å². The highest BCUT2D eigenvalue weighted by Gasteiger charge is 2.50. The molecule has 1 saturated heterocycles. The number of nitriles is 1. The van der Waals surface area contributed by atoms with Gasteiger partial charge in [0.25, 0.3) is 0 Å². The van der Waals surface area contributed by atoms with Gasteiger partial charge in [-0.3, -0.25) is 0 Å². The zero-order valence-corrected chi connectivity index (χ0v) is 17.0. The van der Waals surface area contributed by atoms with Crippen molar-refractivity contribution in [3.8, 4) is 6.07 Å². The Kier molecular flexibility index (Phi) is 6.68. The summed E-state index contributed by atoms with van der Waals surface area (Å²) in [5, 5.41) is 10.1. The molecule has 1 heterocycles. The molecule has 0 N–H and O–H groups in total. The van der Waals surface area contributed by atoms with Crippen molar-refractivity contribution in [3.63, 3.8) is 0 Å².